The summed E-state index contributed by atoms with van der Waals surface area (Å²) in [7, 11) is 0. The Labute approximate surface area is 151 Å². The quantitative estimate of drug-likeness (QED) is 0.606. The van der Waals surface area contributed by atoms with Gasteiger partial charge in [-0.1, -0.05) is 53.0 Å². The fourth-order valence-electron chi connectivity index (χ4n) is 2.08. The van der Waals surface area contributed by atoms with Crippen LogP contribution in [0.15, 0.2) is 47.4 Å². The number of hydrogen-bond acceptors (Lipinski definition) is 3. The first-order chi connectivity index (χ1) is 11.0. The number of benzene rings is 2. The second-order valence-electron chi connectivity index (χ2n) is 4.64. The number of carbonyl (C=O) groups excluding carboxylic acids is 2. The fraction of sp³-hybridized carbons (Fsp3) is 0. The van der Waals surface area contributed by atoms with Crippen molar-refractivity contribution in [2.45, 2.75) is 0 Å². The molecule has 1 aliphatic heterocycles. The van der Waals surface area contributed by atoms with Crippen molar-refractivity contribution in [3.05, 3.63) is 68.0 Å². The van der Waals surface area contributed by atoms with Crippen LogP contribution >= 0.6 is 46.6 Å². The Morgan fingerprint density at radius 1 is 1.00 bits per heavy atom. The van der Waals surface area contributed by atoms with Crippen LogP contribution in [0.4, 0.5) is 10.5 Å². The first-order valence-corrected chi connectivity index (χ1v) is 8.40. The van der Waals surface area contributed by atoms with Gasteiger partial charge < -0.3 is 0 Å². The molecule has 1 heterocycles. The van der Waals surface area contributed by atoms with Gasteiger partial charge in [0.2, 0.25) is 0 Å². The summed E-state index contributed by atoms with van der Waals surface area (Å²) in [4.78, 5) is 26.1. The summed E-state index contributed by atoms with van der Waals surface area (Å²) in [6.07, 6.45) is 1.56. The number of imide groups is 1. The Bertz CT molecular complexity index is 851. The van der Waals surface area contributed by atoms with Crippen molar-refractivity contribution in [3.63, 3.8) is 0 Å². The van der Waals surface area contributed by atoms with Crippen LogP contribution in [0.25, 0.3) is 6.08 Å². The minimum Gasteiger partial charge on any atom is -0.268 e. The molecular weight excluding hydrogens is 377 g/mol. The number of rotatable bonds is 2. The lowest BCUT2D eigenvalue weighted by molar-refractivity contribution is -0.113. The summed E-state index contributed by atoms with van der Waals surface area (Å²) in [5.41, 5.74) is 1.01. The normalized spacial score (nSPS) is 16.5. The highest BCUT2D eigenvalue weighted by atomic mass is 35.5. The Balaban J connectivity index is 1.98. The highest BCUT2D eigenvalue weighted by Crippen LogP contribution is 2.37. The van der Waals surface area contributed by atoms with Crippen molar-refractivity contribution >= 4 is 69.5 Å². The summed E-state index contributed by atoms with van der Waals surface area (Å²) < 4.78 is 0. The molecule has 2 amide bonds. The van der Waals surface area contributed by atoms with Gasteiger partial charge in [0.05, 0.1) is 20.6 Å². The smallest absolute Gasteiger partial charge is 0.268 e. The minimum absolute atomic E-state index is 0.277. The van der Waals surface area contributed by atoms with Gasteiger partial charge in [0, 0.05) is 5.02 Å². The van der Waals surface area contributed by atoms with Crippen LogP contribution in [0.3, 0.4) is 0 Å². The predicted molar refractivity (Wildman–Crippen MR) is 96.4 cm³/mol. The van der Waals surface area contributed by atoms with E-state index in [1.165, 1.54) is 0 Å². The number of anilines is 1. The van der Waals surface area contributed by atoms with Gasteiger partial charge in [-0.3, -0.25) is 9.59 Å². The topological polar surface area (TPSA) is 37.4 Å². The molecule has 7 heteroatoms. The van der Waals surface area contributed by atoms with Crippen LogP contribution in [0.5, 0.6) is 0 Å². The van der Waals surface area contributed by atoms with Crippen molar-refractivity contribution in [1.82, 2.24) is 0 Å². The van der Waals surface area contributed by atoms with Crippen LogP contribution in [0.1, 0.15) is 5.56 Å². The average Bonchev–Trinajstić information content (AvgIpc) is 2.78. The summed E-state index contributed by atoms with van der Waals surface area (Å²) >= 11 is 18.8. The van der Waals surface area contributed by atoms with Gasteiger partial charge in [0.15, 0.2) is 0 Å². The molecule has 3 rings (SSSR count). The van der Waals surface area contributed by atoms with Gasteiger partial charge in [-0.2, -0.15) is 0 Å². The van der Waals surface area contributed by atoms with Crippen molar-refractivity contribution in [2.24, 2.45) is 0 Å². The van der Waals surface area contributed by atoms with Crippen molar-refractivity contribution in [2.75, 3.05) is 4.90 Å². The third-order valence-electron chi connectivity index (χ3n) is 3.13. The zero-order chi connectivity index (χ0) is 16.6. The maximum Gasteiger partial charge on any atom is 0.298 e. The highest BCUT2D eigenvalue weighted by Gasteiger charge is 2.36. The molecule has 2 aromatic carbocycles. The number of nitrogens with zero attached hydrogens (tertiary/aromatic N) is 1. The molecule has 0 spiro atoms. The van der Waals surface area contributed by atoms with E-state index >= 15 is 0 Å². The molecule has 0 aromatic heterocycles. The first kappa shape index (κ1) is 16.4. The number of amides is 2. The Kier molecular flexibility index (Phi) is 4.69. The van der Waals surface area contributed by atoms with Crippen molar-refractivity contribution in [1.29, 1.82) is 0 Å². The number of carbonyl (C=O) groups is 2. The molecule has 0 radical (unpaired) electrons. The second-order valence-corrected chi connectivity index (χ2v) is 6.85. The molecular formula is C16H8Cl3NO2S. The molecule has 0 bridgehead atoms. The van der Waals surface area contributed by atoms with Crippen LogP contribution in [0.2, 0.25) is 15.1 Å². The lowest BCUT2D eigenvalue weighted by atomic mass is 10.2. The van der Waals surface area contributed by atoms with Gasteiger partial charge in [-0.05, 0) is 47.7 Å². The third-order valence-corrected chi connectivity index (χ3v) is 5.07. The lowest BCUT2D eigenvalue weighted by Gasteiger charge is -2.12. The molecule has 1 saturated heterocycles. The molecule has 3 nitrogen and oxygen atoms in total. The molecule has 1 aliphatic rings. The SMILES string of the molecule is O=C1S/C(=C\c2cccc(Cl)c2Cl)C(=O)N1c1cccc(Cl)c1. The van der Waals surface area contributed by atoms with E-state index in [9.17, 15) is 9.59 Å². The van der Waals surface area contributed by atoms with E-state index in [0.29, 0.717) is 26.3 Å². The molecule has 0 unspecified atom stereocenters. The van der Waals surface area contributed by atoms with E-state index in [0.717, 1.165) is 16.7 Å². The Morgan fingerprint density at radius 3 is 2.48 bits per heavy atom. The van der Waals surface area contributed by atoms with E-state index in [4.69, 9.17) is 34.8 Å². The molecule has 0 atom stereocenters. The van der Waals surface area contributed by atoms with Crippen LogP contribution < -0.4 is 4.90 Å². The number of halogens is 3. The van der Waals surface area contributed by atoms with Gasteiger partial charge in [-0.25, -0.2) is 4.90 Å². The number of hydrogen-bond donors (Lipinski definition) is 0. The van der Waals surface area contributed by atoms with Gasteiger partial charge >= 0.3 is 0 Å². The minimum atomic E-state index is -0.418. The van der Waals surface area contributed by atoms with E-state index in [1.807, 2.05) is 0 Å². The maximum atomic E-state index is 12.5. The van der Waals surface area contributed by atoms with Crippen molar-refractivity contribution in [3.8, 4) is 0 Å². The van der Waals surface area contributed by atoms with E-state index in [1.54, 1.807) is 48.5 Å². The van der Waals surface area contributed by atoms with E-state index in [-0.39, 0.29) is 10.1 Å². The first-order valence-electron chi connectivity index (χ1n) is 6.45. The molecule has 0 saturated carbocycles. The molecule has 116 valence electrons. The molecule has 0 aliphatic carbocycles. The largest absolute Gasteiger partial charge is 0.298 e. The number of thioether (sulfide) groups is 1. The second kappa shape index (κ2) is 6.57. The van der Waals surface area contributed by atoms with Gasteiger partial charge in [-0.15, -0.1) is 0 Å². The van der Waals surface area contributed by atoms with Gasteiger partial charge in [0.1, 0.15) is 0 Å². The van der Waals surface area contributed by atoms with Crippen molar-refractivity contribution < 1.29 is 9.59 Å². The Morgan fingerprint density at radius 2 is 1.74 bits per heavy atom. The average molecular weight is 385 g/mol. The molecule has 23 heavy (non-hydrogen) atoms. The summed E-state index contributed by atoms with van der Waals surface area (Å²) in [6.45, 7) is 0. The lowest BCUT2D eigenvalue weighted by Crippen LogP contribution is -2.27. The zero-order valence-electron chi connectivity index (χ0n) is 11.4. The van der Waals surface area contributed by atoms with E-state index in [2.05, 4.69) is 0 Å². The summed E-state index contributed by atoms with van der Waals surface area (Å²) in [5.74, 6) is -0.418. The molecule has 2 aromatic rings. The van der Waals surface area contributed by atoms with Crippen LogP contribution in [0, 0.1) is 0 Å². The summed E-state index contributed by atoms with van der Waals surface area (Å²) in [6, 6.07) is 11.7. The monoisotopic (exact) mass is 383 g/mol. The molecule has 0 N–H and O–H groups in total. The predicted octanol–water partition coefficient (Wildman–Crippen LogP) is 5.89. The maximum absolute atomic E-state index is 12.5. The summed E-state index contributed by atoms with van der Waals surface area (Å²) in [5, 5.41) is 0.781. The van der Waals surface area contributed by atoms with Gasteiger partial charge in [0.25, 0.3) is 11.1 Å². The standard InChI is InChI=1S/C16H8Cl3NO2S/c17-10-4-2-5-11(8-10)20-15(21)13(23-16(20)22)7-9-3-1-6-12(18)14(9)19/h1-8H/b13-7-. The van der Waals surface area contributed by atoms with E-state index < -0.39 is 5.91 Å². The van der Waals surface area contributed by atoms with Crippen LogP contribution in [-0.4, -0.2) is 11.1 Å². The molecule has 1 fully saturated rings. The van der Waals surface area contributed by atoms with Crippen LogP contribution in [-0.2, 0) is 4.79 Å². The highest BCUT2D eigenvalue weighted by molar-refractivity contribution is 8.19. The zero-order valence-corrected chi connectivity index (χ0v) is 14.5. The fourth-order valence-corrected chi connectivity index (χ4v) is 3.46. The Hall–Kier alpha value is -1.46. The third kappa shape index (κ3) is 3.26.